The van der Waals surface area contributed by atoms with Gasteiger partial charge in [-0.05, 0) is 65.8 Å². The Labute approximate surface area is 163 Å². The summed E-state index contributed by atoms with van der Waals surface area (Å²) in [5.74, 6) is -0.175. The number of aliphatic hydroxyl groups excluding tert-OH is 1. The Morgan fingerprint density at radius 3 is 2.33 bits per heavy atom. The molecule has 1 saturated heterocycles. The fraction of sp³-hybridized carbons (Fsp3) is 0.900. The van der Waals surface area contributed by atoms with Crippen molar-refractivity contribution in [2.24, 2.45) is 5.92 Å². The van der Waals surface area contributed by atoms with Crippen LogP contribution >= 0.6 is 0 Å². The van der Waals surface area contributed by atoms with Crippen molar-refractivity contribution in [2.75, 3.05) is 13.1 Å². The summed E-state index contributed by atoms with van der Waals surface area (Å²) >= 11 is 0. The van der Waals surface area contributed by atoms with Gasteiger partial charge in [-0.25, -0.2) is 4.79 Å². The molecule has 0 aromatic rings. The minimum absolute atomic E-state index is 0.0554. The molecule has 0 aromatic carbocycles. The first kappa shape index (κ1) is 22.0. The lowest BCUT2D eigenvalue weighted by atomic mass is 9.75. The Kier molecular flexibility index (Phi) is 7.51. The number of carbonyl (C=O) groups excluding carboxylic acids is 2. The van der Waals surface area contributed by atoms with E-state index in [9.17, 15) is 14.7 Å². The Morgan fingerprint density at radius 2 is 1.70 bits per heavy atom. The van der Waals surface area contributed by atoms with Crippen LogP contribution in [0.15, 0.2) is 0 Å². The van der Waals surface area contributed by atoms with Crippen molar-refractivity contribution in [3.63, 3.8) is 0 Å². The van der Waals surface area contributed by atoms with Crippen LogP contribution < -0.4 is 16.0 Å². The van der Waals surface area contributed by atoms with Crippen LogP contribution in [0.4, 0.5) is 4.79 Å². The summed E-state index contributed by atoms with van der Waals surface area (Å²) in [6.45, 7) is 8.51. The third kappa shape index (κ3) is 6.35. The van der Waals surface area contributed by atoms with Crippen LogP contribution in [0.1, 0.15) is 72.6 Å². The number of amides is 2. The van der Waals surface area contributed by atoms with E-state index < -0.39 is 23.3 Å². The molecule has 1 aliphatic heterocycles. The maximum atomic E-state index is 13.3. The average Bonchev–Trinajstić information content (AvgIpc) is 2.78. The predicted octanol–water partition coefficient (Wildman–Crippen LogP) is 2.08. The molecule has 0 bridgehead atoms. The van der Waals surface area contributed by atoms with Crippen LogP contribution in [-0.4, -0.2) is 53.5 Å². The van der Waals surface area contributed by atoms with Crippen LogP contribution in [0.5, 0.6) is 0 Å². The van der Waals surface area contributed by atoms with Gasteiger partial charge >= 0.3 is 6.09 Å². The van der Waals surface area contributed by atoms with E-state index in [2.05, 4.69) is 16.0 Å². The summed E-state index contributed by atoms with van der Waals surface area (Å²) in [6, 6.07) is -0.309. The van der Waals surface area contributed by atoms with Gasteiger partial charge in [0.15, 0.2) is 0 Å². The molecule has 7 heteroatoms. The van der Waals surface area contributed by atoms with Crippen LogP contribution in [0.3, 0.4) is 0 Å². The van der Waals surface area contributed by atoms with E-state index in [-0.39, 0.29) is 17.9 Å². The number of carbonyl (C=O) groups is 2. The highest BCUT2D eigenvalue weighted by Crippen LogP contribution is 2.33. The molecule has 0 spiro atoms. The number of hydrogen-bond donors (Lipinski definition) is 4. The van der Waals surface area contributed by atoms with E-state index in [0.717, 1.165) is 45.1 Å². The molecule has 1 aliphatic carbocycles. The van der Waals surface area contributed by atoms with Crippen molar-refractivity contribution in [3.8, 4) is 0 Å². The highest BCUT2D eigenvalue weighted by atomic mass is 16.6. The van der Waals surface area contributed by atoms with E-state index in [1.54, 1.807) is 27.7 Å². The zero-order valence-corrected chi connectivity index (χ0v) is 17.3. The van der Waals surface area contributed by atoms with Gasteiger partial charge in [0, 0.05) is 6.54 Å². The SMILES string of the molecule is CC(C)(C)OC(=O)N[C@](C)(C(=O)NC1CCCNCC1O)C1CCCCC1. The van der Waals surface area contributed by atoms with Gasteiger partial charge in [0.2, 0.25) is 5.91 Å². The second-order valence-corrected chi connectivity index (χ2v) is 9.16. The smallest absolute Gasteiger partial charge is 0.408 e. The van der Waals surface area contributed by atoms with Crippen molar-refractivity contribution >= 4 is 12.0 Å². The number of β-amino-alcohol motifs (C(OH)–C–C–N with tert-alkyl or cyclic N) is 1. The van der Waals surface area contributed by atoms with Gasteiger partial charge in [-0.3, -0.25) is 4.79 Å². The second kappa shape index (κ2) is 9.24. The normalized spacial score (nSPS) is 27.1. The molecule has 2 fully saturated rings. The number of aliphatic hydroxyl groups is 1. The minimum Gasteiger partial charge on any atom is -0.444 e. The first-order chi connectivity index (χ1) is 12.6. The topological polar surface area (TPSA) is 99.7 Å². The van der Waals surface area contributed by atoms with Gasteiger partial charge in [-0.2, -0.15) is 0 Å². The third-order valence-corrected chi connectivity index (χ3v) is 5.66. The van der Waals surface area contributed by atoms with Crippen LogP contribution in [0, 0.1) is 5.92 Å². The lowest BCUT2D eigenvalue weighted by molar-refractivity contribution is -0.131. The van der Waals surface area contributed by atoms with Gasteiger partial charge in [-0.15, -0.1) is 0 Å². The molecule has 0 aromatic heterocycles. The first-order valence-electron chi connectivity index (χ1n) is 10.3. The Bertz CT molecular complexity index is 514. The summed E-state index contributed by atoms with van der Waals surface area (Å²) in [6.07, 6.45) is 5.46. The van der Waals surface area contributed by atoms with Crippen molar-refractivity contribution in [1.82, 2.24) is 16.0 Å². The van der Waals surface area contributed by atoms with Crippen molar-refractivity contribution < 1.29 is 19.4 Å². The van der Waals surface area contributed by atoms with E-state index in [0.29, 0.717) is 13.0 Å². The third-order valence-electron chi connectivity index (χ3n) is 5.66. The molecule has 3 atom stereocenters. The molecule has 2 unspecified atom stereocenters. The molecule has 0 radical (unpaired) electrons. The maximum absolute atomic E-state index is 13.3. The van der Waals surface area contributed by atoms with Crippen LogP contribution in [0.25, 0.3) is 0 Å². The molecular weight excluding hydrogens is 346 g/mol. The first-order valence-corrected chi connectivity index (χ1v) is 10.3. The van der Waals surface area contributed by atoms with Crippen molar-refractivity contribution in [1.29, 1.82) is 0 Å². The highest BCUT2D eigenvalue weighted by Gasteiger charge is 2.44. The molecule has 156 valence electrons. The fourth-order valence-corrected chi connectivity index (χ4v) is 4.06. The minimum atomic E-state index is -1.05. The summed E-state index contributed by atoms with van der Waals surface area (Å²) in [5, 5.41) is 19.4. The lowest BCUT2D eigenvalue weighted by Gasteiger charge is -2.40. The largest absolute Gasteiger partial charge is 0.444 e. The predicted molar refractivity (Wildman–Crippen MR) is 104 cm³/mol. The number of alkyl carbamates (subject to hydrolysis) is 1. The Balaban J connectivity index is 2.14. The summed E-state index contributed by atoms with van der Waals surface area (Å²) in [4.78, 5) is 25.7. The zero-order chi connectivity index (χ0) is 20.1. The Hall–Kier alpha value is -1.34. The molecule has 1 saturated carbocycles. The number of ether oxygens (including phenoxy) is 1. The zero-order valence-electron chi connectivity index (χ0n) is 17.3. The lowest BCUT2D eigenvalue weighted by Crippen LogP contribution is -2.64. The molecular formula is C20H37N3O4. The molecule has 2 rings (SSSR count). The van der Waals surface area contributed by atoms with E-state index >= 15 is 0 Å². The quantitative estimate of drug-likeness (QED) is 0.596. The molecule has 1 heterocycles. The van der Waals surface area contributed by atoms with Crippen molar-refractivity contribution in [3.05, 3.63) is 0 Å². The van der Waals surface area contributed by atoms with Gasteiger partial charge in [0.1, 0.15) is 11.1 Å². The number of nitrogens with one attached hydrogen (secondary N) is 3. The number of hydrogen-bond acceptors (Lipinski definition) is 5. The number of rotatable bonds is 4. The van der Waals surface area contributed by atoms with E-state index in [1.807, 2.05) is 0 Å². The fourth-order valence-electron chi connectivity index (χ4n) is 4.06. The molecule has 4 N–H and O–H groups in total. The van der Waals surface area contributed by atoms with Gasteiger partial charge < -0.3 is 25.8 Å². The van der Waals surface area contributed by atoms with E-state index in [1.165, 1.54) is 0 Å². The highest BCUT2D eigenvalue weighted by molar-refractivity contribution is 5.90. The summed E-state index contributed by atoms with van der Waals surface area (Å²) < 4.78 is 5.42. The molecule has 7 nitrogen and oxygen atoms in total. The van der Waals surface area contributed by atoms with E-state index in [4.69, 9.17) is 4.74 Å². The van der Waals surface area contributed by atoms with Crippen LogP contribution in [0.2, 0.25) is 0 Å². The van der Waals surface area contributed by atoms with Crippen molar-refractivity contribution in [2.45, 2.75) is 95.9 Å². The molecule has 2 amide bonds. The maximum Gasteiger partial charge on any atom is 0.408 e. The second-order valence-electron chi connectivity index (χ2n) is 9.16. The van der Waals surface area contributed by atoms with Gasteiger partial charge in [0.05, 0.1) is 12.1 Å². The molecule has 2 aliphatic rings. The summed E-state index contributed by atoms with van der Waals surface area (Å²) in [5.41, 5.74) is -1.68. The monoisotopic (exact) mass is 383 g/mol. The van der Waals surface area contributed by atoms with Gasteiger partial charge in [0.25, 0.3) is 0 Å². The Morgan fingerprint density at radius 1 is 1.04 bits per heavy atom. The standard InChI is InChI=1S/C20H37N3O4/c1-19(2,3)27-18(26)23-20(4,14-9-6-5-7-10-14)17(25)22-15-11-8-12-21-13-16(15)24/h14-16,21,24H,5-13H2,1-4H3,(H,22,25)(H,23,26)/t15?,16?,20-/m0/s1. The van der Waals surface area contributed by atoms with Crippen LogP contribution in [-0.2, 0) is 9.53 Å². The summed E-state index contributed by atoms with van der Waals surface area (Å²) in [7, 11) is 0. The molecule has 27 heavy (non-hydrogen) atoms. The van der Waals surface area contributed by atoms with Gasteiger partial charge in [-0.1, -0.05) is 19.3 Å². The average molecular weight is 384 g/mol.